The van der Waals surface area contributed by atoms with Gasteiger partial charge in [0.15, 0.2) is 11.6 Å². The summed E-state index contributed by atoms with van der Waals surface area (Å²) in [5.41, 5.74) is 1.10. The second-order valence-corrected chi connectivity index (χ2v) is 12.0. The molecule has 274 valence electrons. The smallest absolute Gasteiger partial charge is 0.408 e. The third kappa shape index (κ3) is 15.0. The van der Waals surface area contributed by atoms with Gasteiger partial charge in [0.05, 0.1) is 19.0 Å². The standard InChI is InChI=1S/C35H41N3O13/c1-21(2)32(28(41)18-38(19-31(46)47)34(49)27(40)15-22-9-5-3-6-10-22)37-33(48)24(13-14-29(42)43)16-26(39)25(17-30(44)45)36-35(50)51-20-23-11-7-4-8-12-23/h3-12,21,24-25,32H,13-20H2,1-2H3,(H,36,50)(H,37,48)(H,42,43)(H,44,45)(H,46,47)/t24-,25+,32+/m1/s1. The highest BCUT2D eigenvalue weighted by Gasteiger charge is 2.34. The number of hydrogen-bond donors (Lipinski definition) is 5. The summed E-state index contributed by atoms with van der Waals surface area (Å²) in [4.78, 5) is 113. The highest BCUT2D eigenvalue weighted by atomic mass is 16.5. The predicted molar refractivity (Wildman–Crippen MR) is 177 cm³/mol. The van der Waals surface area contributed by atoms with Crippen LogP contribution in [0.4, 0.5) is 4.79 Å². The van der Waals surface area contributed by atoms with Gasteiger partial charge in [0.2, 0.25) is 11.7 Å². The first-order chi connectivity index (χ1) is 24.1. The molecule has 16 nitrogen and oxygen atoms in total. The molecule has 0 aliphatic carbocycles. The number of ketones is 3. The average molecular weight is 712 g/mol. The van der Waals surface area contributed by atoms with E-state index >= 15 is 0 Å². The number of carboxylic acid groups (broad SMARTS) is 3. The van der Waals surface area contributed by atoms with Gasteiger partial charge in [-0.1, -0.05) is 74.5 Å². The van der Waals surface area contributed by atoms with Crippen LogP contribution >= 0.6 is 0 Å². The Morgan fingerprint density at radius 3 is 1.82 bits per heavy atom. The average Bonchev–Trinajstić information content (AvgIpc) is 3.07. The van der Waals surface area contributed by atoms with Crippen LogP contribution in [0.15, 0.2) is 60.7 Å². The van der Waals surface area contributed by atoms with Crippen LogP contribution in [0, 0.1) is 11.8 Å². The molecule has 5 N–H and O–H groups in total. The number of aliphatic carboxylic acids is 3. The number of hydrogen-bond acceptors (Lipinski definition) is 10. The van der Waals surface area contributed by atoms with E-state index in [-0.39, 0.29) is 13.0 Å². The Hall–Kier alpha value is -5.93. The van der Waals surface area contributed by atoms with Crippen LogP contribution in [0.2, 0.25) is 0 Å². The molecule has 0 aliphatic heterocycles. The van der Waals surface area contributed by atoms with Crippen molar-refractivity contribution in [3.63, 3.8) is 0 Å². The van der Waals surface area contributed by atoms with E-state index in [9.17, 15) is 58.5 Å². The van der Waals surface area contributed by atoms with Crippen molar-refractivity contribution < 1.29 is 63.2 Å². The lowest BCUT2D eigenvalue weighted by Crippen LogP contribution is -2.52. The molecule has 16 heteroatoms. The summed E-state index contributed by atoms with van der Waals surface area (Å²) < 4.78 is 5.07. The van der Waals surface area contributed by atoms with E-state index in [0.717, 1.165) is 0 Å². The van der Waals surface area contributed by atoms with Gasteiger partial charge in [-0.15, -0.1) is 0 Å². The maximum Gasteiger partial charge on any atom is 0.408 e. The molecule has 2 rings (SSSR count). The number of ether oxygens (including phenoxy) is 1. The highest BCUT2D eigenvalue weighted by molar-refractivity contribution is 6.37. The maximum atomic E-state index is 13.5. The monoisotopic (exact) mass is 711 g/mol. The van der Waals surface area contributed by atoms with Gasteiger partial charge in [0, 0.05) is 25.2 Å². The number of carbonyl (C=O) groups excluding carboxylic acids is 6. The summed E-state index contributed by atoms with van der Waals surface area (Å²) >= 11 is 0. The molecule has 0 saturated carbocycles. The van der Waals surface area contributed by atoms with Gasteiger partial charge in [0.25, 0.3) is 5.91 Å². The number of carbonyl (C=O) groups is 9. The van der Waals surface area contributed by atoms with Crippen LogP contribution in [0.25, 0.3) is 0 Å². The van der Waals surface area contributed by atoms with E-state index in [4.69, 9.17) is 4.74 Å². The molecular formula is C35H41N3O13. The summed E-state index contributed by atoms with van der Waals surface area (Å²) in [5, 5.41) is 32.6. The minimum atomic E-state index is -1.66. The zero-order valence-corrected chi connectivity index (χ0v) is 28.1. The lowest BCUT2D eigenvalue weighted by molar-refractivity contribution is -0.150. The first-order valence-corrected chi connectivity index (χ1v) is 15.9. The van der Waals surface area contributed by atoms with Gasteiger partial charge in [0.1, 0.15) is 19.2 Å². The molecule has 0 heterocycles. The van der Waals surface area contributed by atoms with Crippen LogP contribution in [0.3, 0.4) is 0 Å². The summed E-state index contributed by atoms with van der Waals surface area (Å²) in [6, 6.07) is 13.6. The van der Waals surface area contributed by atoms with Gasteiger partial charge < -0.3 is 35.6 Å². The van der Waals surface area contributed by atoms with Crippen molar-refractivity contribution in [1.29, 1.82) is 0 Å². The quantitative estimate of drug-likeness (QED) is 0.109. The Morgan fingerprint density at radius 1 is 0.706 bits per heavy atom. The first kappa shape index (κ1) is 41.2. The van der Waals surface area contributed by atoms with Gasteiger partial charge in [-0.25, -0.2) is 4.79 Å². The number of alkyl carbamates (subject to hydrolysis) is 1. The van der Waals surface area contributed by atoms with Crippen LogP contribution in [-0.4, -0.2) is 98.6 Å². The van der Waals surface area contributed by atoms with Crippen molar-refractivity contribution in [2.45, 2.75) is 64.6 Å². The van der Waals surface area contributed by atoms with Crippen LogP contribution in [-0.2, 0) is 56.1 Å². The first-order valence-electron chi connectivity index (χ1n) is 15.9. The van der Waals surface area contributed by atoms with Gasteiger partial charge in [-0.05, 0) is 23.5 Å². The van der Waals surface area contributed by atoms with E-state index < -0.39 is 116 Å². The number of carboxylic acids is 3. The molecule has 2 aromatic carbocycles. The third-order valence-electron chi connectivity index (χ3n) is 7.51. The van der Waals surface area contributed by atoms with Gasteiger partial charge >= 0.3 is 24.0 Å². The van der Waals surface area contributed by atoms with E-state index in [1.165, 1.54) is 13.8 Å². The minimum Gasteiger partial charge on any atom is -0.481 e. The molecule has 51 heavy (non-hydrogen) atoms. The highest BCUT2D eigenvalue weighted by Crippen LogP contribution is 2.17. The topological polar surface area (TPSA) is 251 Å². The Balaban J connectivity index is 2.20. The Morgan fingerprint density at radius 2 is 1.29 bits per heavy atom. The largest absolute Gasteiger partial charge is 0.481 e. The van der Waals surface area contributed by atoms with E-state index in [1.807, 2.05) is 0 Å². The number of benzene rings is 2. The molecule has 3 atom stereocenters. The maximum absolute atomic E-state index is 13.5. The van der Waals surface area contributed by atoms with E-state index in [1.54, 1.807) is 60.7 Å². The Bertz CT molecular complexity index is 1580. The number of nitrogens with zero attached hydrogens (tertiary/aromatic N) is 1. The van der Waals surface area contributed by atoms with Gasteiger partial charge in [-0.2, -0.15) is 0 Å². The van der Waals surface area contributed by atoms with Crippen LogP contribution in [0.5, 0.6) is 0 Å². The van der Waals surface area contributed by atoms with Crippen molar-refractivity contribution in [1.82, 2.24) is 15.5 Å². The van der Waals surface area contributed by atoms with Crippen LogP contribution < -0.4 is 10.6 Å². The summed E-state index contributed by atoms with van der Waals surface area (Å²) in [5.74, 6) is -11.3. The van der Waals surface area contributed by atoms with Crippen molar-refractivity contribution >= 4 is 53.2 Å². The molecule has 0 saturated heterocycles. The lowest BCUT2D eigenvalue weighted by atomic mass is 9.91. The summed E-state index contributed by atoms with van der Waals surface area (Å²) in [6.07, 6.45) is -4.08. The molecule has 0 bridgehead atoms. The molecule has 0 fully saturated rings. The van der Waals surface area contributed by atoms with E-state index in [0.29, 0.717) is 16.0 Å². The molecule has 0 radical (unpaired) electrons. The molecule has 0 unspecified atom stereocenters. The molecule has 0 aliphatic rings. The number of amides is 3. The van der Waals surface area contributed by atoms with E-state index in [2.05, 4.69) is 10.6 Å². The van der Waals surface area contributed by atoms with Crippen molar-refractivity contribution in [3.05, 3.63) is 71.8 Å². The molecular weight excluding hydrogens is 670 g/mol. The van der Waals surface area contributed by atoms with Crippen LogP contribution in [0.1, 0.15) is 50.7 Å². The SMILES string of the molecule is CC(C)[C@H](NC(=O)[C@H](CCC(=O)O)CC(=O)[C@H](CC(=O)O)NC(=O)OCc1ccccc1)C(=O)CN(CC(=O)O)C(=O)C(=O)Cc1ccccc1. The number of rotatable bonds is 22. The molecule has 0 aromatic heterocycles. The fourth-order valence-electron chi connectivity index (χ4n) is 4.91. The van der Waals surface area contributed by atoms with Crippen molar-refractivity contribution in [2.75, 3.05) is 13.1 Å². The zero-order chi connectivity index (χ0) is 38.1. The molecule has 0 spiro atoms. The normalized spacial score (nSPS) is 12.5. The Kier molecular flexibility index (Phi) is 16.6. The second-order valence-electron chi connectivity index (χ2n) is 12.0. The second kappa shape index (κ2) is 20.6. The third-order valence-corrected chi connectivity index (χ3v) is 7.51. The van der Waals surface area contributed by atoms with Crippen molar-refractivity contribution in [3.8, 4) is 0 Å². The fraction of sp³-hybridized carbons (Fsp3) is 0.400. The predicted octanol–water partition coefficient (Wildman–Crippen LogP) is 1.63. The zero-order valence-electron chi connectivity index (χ0n) is 28.1. The molecule has 3 amide bonds. The summed E-state index contributed by atoms with van der Waals surface area (Å²) in [7, 11) is 0. The summed E-state index contributed by atoms with van der Waals surface area (Å²) in [6.45, 7) is 0.996. The Labute approximate surface area is 293 Å². The fourth-order valence-corrected chi connectivity index (χ4v) is 4.91. The van der Waals surface area contributed by atoms with Gasteiger partial charge in [-0.3, -0.25) is 38.4 Å². The lowest BCUT2D eigenvalue weighted by Gasteiger charge is -2.27. The number of nitrogens with one attached hydrogen (secondary N) is 2. The van der Waals surface area contributed by atoms with Crippen molar-refractivity contribution in [2.24, 2.45) is 11.8 Å². The number of Topliss-reactive ketones (excluding diaryl/α,β-unsaturated/α-hetero) is 3. The molecule has 2 aromatic rings. The minimum absolute atomic E-state index is 0.189.